The first kappa shape index (κ1) is 21.0. The maximum atomic E-state index is 13.3. The highest BCUT2D eigenvalue weighted by Crippen LogP contribution is 2.60. The Hall–Kier alpha value is -3.58. The Labute approximate surface area is 197 Å². The van der Waals surface area contributed by atoms with Gasteiger partial charge in [-0.25, -0.2) is 0 Å². The molecule has 1 aliphatic heterocycles. The molecule has 0 spiro atoms. The van der Waals surface area contributed by atoms with Crippen LogP contribution in [0, 0.1) is 0 Å². The Balaban J connectivity index is 1.74. The highest BCUT2D eigenvalue weighted by molar-refractivity contribution is 5.96. The van der Waals surface area contributed by atoms with Crippen molar-refractivity contribution in [1.82, 2.24) is 9.58 Å². The molecule has 174 valence electrons. The van der Waals surface area contributed by atoms with Gasteiger partial charge in [0.1, 0.15) is 17.8 Å². The standard InChI is InChI=1S/C27H27N3O4/c1-3-28-17-30(29-14-13-22(31)24(32)23(29)25(28)33)27-20-11-7-5-9-18(20)15-26(27,34-4-2)16-19-10-6-8-12-21(19)27/h5-14,32H,3-4,15-17H2,1-2H3. The Morgan fingerprint density at radius 1 is 0.941 bits per heavy atom. The minimum absolute atomic E-state index is 0.00543. The summed E-state index contributed by atoms with van der Waals surface area (Å²) in [5.74, 6) is -0.878. The fourth-order valence-corrected chi connectivity index (χ4v) is 6.49. The van der Waals surface area contributed by atoms with Gasteiger partial charge < -0.3 is 14.7 Å². The summed E-state index contributed by atoms with van der Waals surface area (Å²) in [6.07, 6.45) is 3.06. The largest absolute Gasteiger partial charge is 0.502 e. The second-order valence-electron chi connectivity index (χ2n) is 9.23. The minimum atomic E-state index is -0.749. The van der Waals surface area contributed by atoms with Crippen molar-refractivity contribution in [3.8, 4) is 5.75 Å². The van der Waals surface area contributed by atoms with Gasteiger partial charge in [0.15, 0.2) is 11.4 Å². The minimum Gasteiger partial charge on any atom is -0.502 e. The van der Waals surface area contributed by atoms with Gasteiger partial charge in [-0.05, 0) is 36.1 Å². The van der Waals surface area contributed by atoms with Crippen molar-refractivity contribution in [2.75, 3.05) is 24.8 Å². The summed E-state index contributed by atoms with van der Waals surface area (Å²) in [6.45, 7) is 5.19. The van der Waals surface area contributed by atoms with Gasteiger partial charge in [0.2, 0.25) is 5.43 Å². The van der Waals surface area contributed by atoms with Gasteiger partial charge in [-0.3, -0.25) is 19.3 Å². The Morgan fingerprint density at radius 3 is 2.15 bits per heavy atom. The van der Waals surface area contributed by atoms with E-state index in [9.17, 15) is 14.7 Å². The molecule has 1 amide bonds. The summed E-state index contributed by atoms with van der Waals surface area (Å²) >= 11 is 0. The molecule has 34 heavy (non-hydrogen) atoms. The predicted octanol–water partition coefficient (Wildman–Crippen LogP) is 2.76. The molecule has 0 fully saturated rings. The summed E-state index contributed by atoms with van der Waals surface area (Å²) in [6, 6.07) is 18.1. The van der Waals surface area contributed by atoms with Crippen molar-refractivity contribution in [3.63, 3.8) is 0 Å². The molecule has 0 bridgehead atoms. The molecule has 7 heteroatoms. The van der Waals surface area contributed by atoms with Crippen molar-refractivity contribution in [1.29, 1.82) is 0 Å². The molecule has 0 atom stereocenters. The van der Waals surface area contributed by atoms with Crippen LogP contribution in [0.1, 0.15) is 46.6 Å². The first-order valence-electron chi connectivity index (χ1n) is 11.8. The molecule has 1 aromatic heterocycles. The van der Waals surface area contributed by atoms with Crippen molar-refractivity contribution < 1.29 is 14.6 Å². The smallest absolute Gasteiger partial charge is 0.277 e. The first-order valence-corrected chi connectivity index (χ1v) is 11.8. The van der Waals surface area contributed by atoms with Crippen LogP contribution in [0.5, 0.6) is 5.75 Å². The van der Waals surface area contributed by atoms with E-state index in [0.717, 1.165) is 24.0 Å². The van der Waals surface area contributed by atoms with Crippen LogP contribution in [0.25, 0.3) is 0 Å². The number of ether oxygens (including phenoxy) is 1. The van der Waals surface area contributed by atoms with E-state index in [1.807, 2.05) is 38.1 Å². The monoisotopic (exact) mass is 457 g/mol. The topological polar surface area (TPSA) is 75.0 Å². The second-order valence-corrected chi connectivity index (χ2v) is 9.23. The molecule has 6 rings (SSSR count). The summed E-state index contributed by atoms with van der Waals surface area (Å²) in [5.41, 5.74) is 2.74. The average Bonchev–Trinajstić information content (AvgIpc) is 3.27. The molecule has 3 aliphatic rings. The number of aromatic hydroxyl groups is 1. The molecule has 0 saturated carbocycles. The molecular formula is C27H27N3O4. The van der Waals surface area contributed by atoms with E-state index in [2.05, 4.69) is 29.3 Å². The van der Waals surface area contributed by atoms with Crippen LogP contribution in [0.3, 0.4) is 0 Å². The molecule has 2 aromatic carbocycles. The molecule has 0 unspecified atom stereocenters. The van der Waals surface area contributed by atoms with Crippen molar-refractivity contribution >= 4 is 5.91 Å². The Kier molecular flexibility index (Phi) is 4.45. The summed E-state index contributed by atoms with van der Waals surface area (Å²) in [4.78, 5) is 27.4. The molecule has 2 heterocycles. The fourth-order valence-electron chi connectivity index (χ4n) is 6.49. The van der Waals surface area contributed by atoms with Gasteiger partial charge in [-0.1, -0.05) is 48.5 Å². The summed E-state index contributed by atoms with van der Waals surface area (Å²) in [5, 5.41) is 12.9. The number of carbonyl (C=O) groups is 1. The third-order valence-corrected chi connectivity index (χ3v) is 7.72. The third-order valence-electron chi connectivity index (χ3n) is 7.72. The van der Waals surface area contributed by atoms with E-state index in [1.165, 1.54) is 17.2 Å². The zero-order valence-corrected chi connectivity index (χ0v) is 19.3. The van der Waals surface area contributed by atoms with E-state index < -0.39 is 22.3 Å². The lowest BCUT2D eigenvalue weighted by atomic mass is 9.78. The number of fused-ring (bicyclic) bond motifs is 6. The second kappa shape index (κ2) is 7.21. The van der Waals surface area contributed by atoms with Gasteiger partial charge in [-0.2, -0.15) is 0 Å². The van der Waals surface area contributed by atoms with Crippen LogP contribution >= 0.6 is 0 Å². The number of aromatic nitrogens is 1. The summed E-state index contributed by atoms with van der Waals surface area (Å²) < 4.78 is 8.40. The van der Waals surface area contributed by atoms with Gasteiger partial charge in [0.25, 0.3) is 5.91 Å². The number of carbonyl (C=O) groups excluding carboxylic acids is 1. The van der Waals surface area contributed by atoms with Crippen LogP contribution in [0.4, 0.5) is 0 Å². The Morgan fingerprint density at radius 2 is 1.56 bits per heavy atom. The zero-order valence-electron chi connectivity index (χ0n) is 19.3. The molecule has 3 aromatic rings. The molecule has 0 radical (unpaired) electrons. The lowest BCUT2D eigenvalue weighted by Crippen LogP contribution is -2.68. The molecule has 1 N–H and O–H groups in total. The van der Waals surface area contributed by atoms with Crippen molar-refractivity contribution in [3.05, 3.63) is 99.0 Å². The lowest BCUT2D eigenvalue weighted by molar-refractivity contribution is -0.0762. The normalized spacial score (nSPS) is 24.6. The van der Waals surface area contributed by atoms with Gasteiger partial charge in [0.05, 0.1) is 0 Å². The van der Waals surface area contributed by atoms with E-state index in [1.54, 1.807) is 15.8 Å². The number of amides is 1. The highest BCUT2D eigenvalue weighted by Gasteiger charge is 2.68. The maximum Gasteiger partial charge on any atom is 0.277 e. The molecule has 0 saturated heterocycles. The maximum absolute atomic E-state index is 13.3. The van der Waals surface area contributed by atoms with Gasteiger partial charge >= 0.3 is 0 Å². The SMILES string of the molecule is CCOC12Cc3ccccc3C1(N1CN(CC)C(=O)c3c(O)c(=O)ccn31)c1ccccc1C2. The summed E-state index contributed by atoms with van der Waals surface area (Å²) in [7, 11) is 0. The number of rotatable bonds is 4. The quantitative estimate of drug-likeness (QED) is 0.652. The molecule has 2 aliphatic carbocycles. The van der Waals surface area contributed by atoms with Crippen LogP contribution in [-0.2, 0) is 23.1 Å². The van der Waals surface area contributed by atoms with E-state index in [-0.39, 0.29) is 11.6 Å². The predicted molar refractivity (Wildman–Crippen MR) is 128 cm³/mol. The molecular weight excluding hydrogens is 430 g/mol. The van der Waals surface area contributed by atoms with E-state index >= 15 is 0 Å². The number of hydrogen-bond acceptors (Lipinski definition) is 5. The Bertz CT molecular complexity index is 1330. The van der Waals surface area contributed by atoms with Crippen LogP contribution in [-0.4, -0.2) is 46.0 Å². The first-order chi connectivity index (χ1) is 16.5. The third kappa shape index (κ3) is 2.40. The van der Waals surface area contributed by atoms with Crippen molar-refractivity contribution in [2.24, 2.45) is 0 Å². The fraction of sp³-hybridized carbons (Fsp3) is 0.333. The van der Waals surface area contributed by atoms with Crippen LogP contribution < -0.4 is 10.4 Å². The lowest BCUT2D eigenvalue weighted by Gasteiger charge is -2.53. The molecule has 7 nitrogen and oxygen atoms in total. The van der Waals surface area contributed by atoms with Gasteiger partial charge in [-0.15, -0.1) is 0 Å². The zero-order chi connectivity index (χ0) is 23.7. The number of pyridine rings is 1. The van der Waals surface area contributed by atoms with E-state index in [4.69, 9.17) is 4.74 Å². The average molecular weight is 458 g/mol. The number of hydrogen-bond donors (Lipinski definition) is 1. The van der Waals surface area contributed by atoms with Crippen molar-refractivity contribution in [2.45, 2.75) is 37.8 Å². The van der Waals surface area contributed by atoms with Crippen LogP contribution in [0.15, 0.2) is 65.6 Å². The van der Waals surface area contributed by atoms with Gasteiger partial charge in [0, 0.05) is 38.3 Å². The number of benzene rings is 2. The number of nitrogens with zero attached hydrogens (tertiary/aromatic N) is 3. The highest BCUT2D eigenvalue weighted by atomic mass is 16.5. The van der Waals surface area contributed by atoms with Crippen LogP contribution in [0.2, 0.25) is 0 Å². The van der Waals surface area contributed by atoms with E-state index in [0.29, 0.717) is 19.8 Å².